The lowest BCUT2D eigenvalue weighted by molar-refractivity contribution is -0.112. The molecule has 0 radical (unpaired) electrons. The van der Waals surface area contributed by atoms with Crippen LogP contribution in [0.1, 0.15) is 23.2 Å². The average Bonchev–Trinajstić information content (AvgIpc) is 2.95. The molecule has 1 aromatic carbocycles. The molecule has 1 aromatic rings. The first kappa shape index (κ1) is 14.0. The number of nitrogens with zero attached hydrogens (tertiary/aromatic N) is 1. The summed E-state index contributed by atoms with van der Waals surface area (Å²) in [5, 5.41) is 2.41. The zero-order chi connectivity index (χ0) is 14.5. The molecule has 0 bridgehead atoms. The lowest BCUT2D eigenvalue weighted by Crippen LogP contribution is -2.32. The average molecular weight is 406 g/mol. The molecule has 8 heteroatoms. The molecule has 2 aliphatic heterocycles. The van der Waals surface area contributed by atoms with Crippen LogP contribution in [0.3, 0.4) is 0 Å². The van der Waals surface area contributed by atoms with Gasteiger partial charge in [0.05, 0.1) is 20.2 Å². The van der Waals surface area contributed by atoms with Crippen LogP contribution in [0.4, 0.5) is 5.69 Å². The number of carbonyl (C=O) groups is 2. The van der Waals surface area contributed by atoms with Crippen molar-refractivity contribution in [3.05, 3.63) is 23.8 Å². The second kappa shape index (κ2) is 4.78. The summed E-state index contributed by atoms with van der Waals surface area (Å²) in [6.45, 7) is 0.484. The van der Waals surface area contributed by atoms with E-state index in [1.165, 1.54) is 22.5 Å². The quantitative estimate of drug-likeness (QED) is 0.348. The molecule has 3 rings (SSSR count). The molecular formula is C12H11IN2O4S. The van der Waals surface area contributed by atoms with E-state index in [-0.39, 0.29) is 14.5 Å². The van der Waals surface area contributed by atoms with Gasteiger partial charge in [-0.3, -0.25) is 9.59 Å². The van der Waals surface area contributed by atoms with E-state index in [1.807, 2.05) is 0 Å². The van der Waals surface area contributed by atoms with Gasteiger partial charge < -0.3 is 5.32 Å². The molecule has 6 nitrogen and oxygen atoms in total. The summed E-state index contributed by atoms with van der Waals surface area (Å²) in [7, 11) is -3.62. The minimum atomic E-state index is -3.62. The van der Waals surface area contributed by atoms with Crippen molar-refractivity contribution in [2.75, 3.05) is 11.9 Å². The molecule has 2 heterocycles. The molecule has 20 heavy (non-hydrogen) atoms. The summed E-state index contributed by atoms with van der Waals surface area (Å²) in [6.07, 6.45) is 1.65. The molecule has 106 valence electrons. The summed E-state index contributed by atoms with van der Waals surface area (Å²) in [5.41, 5.74) is 0.492. The Kier molecular flexibility index (Phi) is 3.33. The normalized spacial score (nSPS) is 22.9. The van der Waals surface area contributed by atoms with E-state index < -0.39 is 21.7 Å². The highest BCUT2D eigenvalue weighted by molar-refractivity contribution is 14.1. The van der Waals surface area contributed by atoms with Gasteiger partial charge in [0.15, 0.2) is 0 Å². The van der Waals surface area contributed by atoms with E-state index in [9.17, 15) is 18.0 Å². The number of benzene rings is 1. The number of carbonyl (C=O) groups excluding carboxylic acids is 2. The van der Waals surface area contributed by atoms with Crippen LogP contribution in [0.5, 0.6) is 0 Å². The van der Waals surface area contributed by atoms with Crippen molar-refractivity contribution in [3.63, 3.8) is 0 Å². The van der Waals surface area contributed by atoms with Crippen molar-refractivity contribution < 1.29 is 18.0 Å². The van der Waals surface area contributed by atoms with Gasteiger partial charge in [-0.25, -0.2) is 8.42 Å². The van der Waals surface area contributed by atoms with Crippen molar-refractivity contribution in [1.29, 1.82) is 0 Å². The molecule has 0 aromatic heterocycles. The number of halogens is 1. The minimum Gasteiger partial charge on any atom is -0.318 e. The zero-order valence-corrected chi connectivity index (χ0v) is 13.3. The van der Waals surface area contributed by atoms with Crippen molar-refractivity contribution in [1.82, 2.24) is 4.31 Å². The Morgan fingerprint density at radius 3 is 2.70 bits per heavy atom. The summed E-state index contributed by atoms with van der Waals surface area (Å²) < 4.78 is 26.4. The predicted octanol–water partition coefficient (Wildman–Crippen LogP) is 1.37. The minimum absolute atomic E-state index is 0.0599. The second-order valence-electron chi connectivity index (χ2n) is 4.68. The number of anilines is 1. The number of alkyl halides is 1. The Morgan fingerprint density at radius 1 is 1.30 bits per heavy atom. The van der Waals surface area contributed by atoms with Crippen LogP contribution in [0.2, 0.25) is 0 Å². The van der Waals surface area contributed by atoms with Crippen molar-refractivity contribution in [2.45, 2.75) is 21.8 Å². The number of fused-ring (bicyclic) bond motifs is 1. The number of Topliss-reactive ketones (excluding diaryl/α,β-unsaturated/α-hetero) is 1. The highest BCUT2D eigenvalue weighted by Crippen LogP contribution is 2.32. The van der Waals surface area contributed by atoms with Gasteiger partial charge in [-0.2, -0.15) is 4.31 Å². The van der Waals surface area contributed by atoms with Crippen molar-refractivity contribution >= 4 is 50.0 Å². The van der Waals surface area contributed by atoms with E-state index >= 15 is 0 Å². The fraction of sp³-hybridized carbons (Fsp3) is 0.333. The Balaban J connectivity index is 2.04. The number of rotatable bonds is 2. The van der Waals surface area contributed by atoms with Gasteiger partial charge >= 0.3 is 0 Å². The lowest BCUT2D eigenvalue weighted by Gasteiger charge is -2.19. The molecule has 0 unspecified atom stereocenters. The molecule has 1 N–H and O–H groups in total. The molecule has 1 saturated heterocycles. The van der Waals surface area contributed by atoms with E-state index in [0.29, 0.717) is 12.2 Å². The maximum absolute atomic E-state index is 12.5. The maximum atomic E-state index is 12.5. The van der Waals surface area contributed by atoms with Crippen LogP contribution < -0.4 is 5.32 Å². The fourth-order valence-electron chi connectivity index (χ4n) is 2.39. The molecule has 2 aliphatic rings. The summed E-state index contributed by atoms with van der Waals surface area (Å²) >= 11 is 2.10. The van der Waals surface area contributed by atoms with Crippen LogP contribution in [0, 0.1) is 0 Å². The highest BCUT2D eigenvalue weighted by atomic mass is 127. The number of amides is 1. The topological polar surface area (TPSA) is 83.6 Å². The van der Waals surface area contributed by atoms with Crippen LogP contribution in [-0.4, -0.2) is 35.0 Å². The molecule has 1 fully saturated rings. The molecule has 1 atom stereocenters. The van der Waals surface area contributed by atoms with Crippen LogP contribution in [0.25, 0.3) is 0 Å². The van der Waals surface area contributed by atoms with Gasteiger partial charge in [0, 0.05) is 6.54 Å². The molecule has 0 saturated carbocycles. The third kappa shape index (κ3) is 2.06. The first-order chi connectivity index (χ1) is 9.41. The van der Waals surface area contributed by atoms with Gasteiger partial charge in [-0.1, -0.05) is 22.6 Å². The second-order valence-corrected chi connectivity index (χ2v) is 8.01. The number of nitrogens with one attached hydrogen (secondary N) is 1. The van der Waals surface area contributed by atoms with Gasteiger partial charge in [0.2, 0.25) is 10.0 Å². The Hall–Kier alpha value is -1.00. The first-order valence-corrected chi connectivity index (χ1v) is 8.75. The van der Waals surface area contributed by atoms with Crippen molar-refractivity contribution in [2.24, 2.45) is 0 Å². The molecule has 0 aliphatic carbocycles. The summed E-state index contributed by atoms with van der Waals surface area (Å²) in [4.78, 5) is 23.0. The highest BCUT2D eigenvalue weighted by Gasteiger charge is 2.35. The monoisotopic (exact) mass is 406 g/mol. The smallest absolute Gasteiger partial charge is 0.296 e. The number of ketones is 1. The number of hydrogen-bond donors (Lipinski definition) is 1. The van der Waals surface area contributed by atoms with E-state index in [4.69, 9.17) is 0 Å². The largest absolute Gasteiger partial charge is 0.318 e. The van der Waals surface area contributed by atoms with E-state index in [0.717, 1.165) is 12.8 Å². The maximum Gasteiger partial charge on any atom is 0.296 e. The third-order valence-electron chi connectivity index (χ3n) is 3.43. The Labute approximate surface area is 129 Å². The van der Waals surface area contributed by atoms with E-state index in [1.54, 1.807) is 0 Å². The summed E-state index contributed by atoms with van der Waals surface area (Å²) in [6, 6.07) is 4.17. The van der Waals surface area contributed by atoms with Crippen LogP contribution in [0.15, 0.2) is 23.1 Å². The Morgan fingerprint density at radius 2 is 2.05 bits per heavy atom. The van der Waals surface area contributed by atoms with Crippen LogP contribution >= 0.6 is 22.6 Å². The number of hydrogen-bond acceptors (Lipinski definition) is 4. The standard InChI is InChI=1S/C12H11IN2O4S/c13-10-2-1-5-15(10)20(18,19)7-3-4-9-8(6-7)11(16)12(17)14-9/h3-4,6,10H,1-2,5H2,(H,14,16,17)/t10-/m0/s1. The lowest BCUT2D eigenvalue weighted by atomic mass is 10.1. The predicted molar refractivity (Wildman–Crippen MR) is 80.3 cm³/mol. The zero-order valence-electron chi connectivity index (χ0n) is 10.3. The molecular weight excluding hydrogens is 395 g/mol. The molecule has 1 amide bonds. The first-order valence-electron chi connectivity index (χ1n) is 6.07. The SMILES string of the molecule is O=C1Nc2ccc(S(=O)(=O)N3CCC[C@H]3I)cc2C1=O. The molecule has 0 spiro atoms. The van der Waals surface area contributed by atoms with E-state index in [2.05, 4.69) is 27.9 Å². The third-order valence-corrected chi connectivity index (χ3v) is 7.01. The van der Waals surface area contributed by atoms with Gasteiger partial charge in [0.25, 0.3) is 11.7 Å². The Bertz CT molecular complexity index is 716. The number of sulfonamides is 1. The van der Waals surface area contributed by atoms with Gasteiger partial charge in [0.1, 0.15) is 0 Å². The van der Waals surface area contributed by atoms with Crippen LogP contribution in [-0.2, 0) is 14.8 Å². The van der Waals surface area contributed by atoms with Crippen molar-refractivity contribution in [3.8, 4) is 0 Å². The summed E-state index contributed by atoms with van der Waals surface area (Å²) in [5.74, 6) is -1.41. The van der Waals surface area contributed by atoms with Gasteiger partial charge in [-0.05, 0) is 31.0 Å². The fourth-order valence-corrected chi connectivity index (χ4v) is 5.56. The van der Waals surface area contributed by atoms with Gasteiger partial charge in [-0.15, -0.1) is 0 Å².